The van der Waals surface area contributed by atoms with Gasteiger partial charge < -0.3 is 0 Å². The Morgan fingerprint density at radius 1 is 0.536 bits per heavy atom. The molecule has 0 amide bonds. The van der Waals surface area contributed by atoms with Gasteiger partial charge in [0.05, 0.1) is 11.8 Å². The Hall–Kier alpha value is 1.41. The molecule has 4 fully saturated rings. The van der Waals surface area contributed by atoms with Gasteiger partial charge in [0.2, 0.25) is 0 Å². The summed E-state index contributed by atoms with van der Waals surface area (Å²) >= 11 is 3.23. The van der Waals surface area contributed by atoms with Crippen LogP contribution in [0.4, 0.5) is 0 Å². The Balaban J connectivity index is 0.000000500. The molecule has 0 aromatic heterocycles. The largest absolute Gasteiger partial charge is 2.00 e. The molecule has 28 heavy (non-hydrogen) atoms. The zero-order valence-corrected chi connectivity index (χ0v) is 19.5. The summed E-state index contributed by atoms with van der Waals surface area (Å²) in [6, 6.07) is 0. The average Bonchev–Trinajstić information content (AvgIpc) is 3.48. The smallest absolute Gasteiger partial charge is 0.298 e. The van der Waals surface area contributed by atoms with Crippen LogP contribution in [0.25, 0.3) is 0 Å². The van der Waals surface area contributed by atoms with Crippen molar-refractivity contribution in [3.63, 3.8) is 0 Å². The van der Waals surface area contributed by atoms with Crippen molar-refractivity contribution in [3.8, 4) is 0 Å². The van der Waals surface area contributed by atoms with Gasteiger partial charge in [0.25, 0.3) is 0 Å². The van der Waals surface area contributed by atoms with Crippen molar-refractivity contribution in [2.24, 2.45) is 0 Å². The maximum Gasteiger partial charge on any atom is 2.00 e. The molecule has 0 saturated heterocycles. The Kier molecular flexibility index (Phi) is 18.9. The van der Waals surface area contributed by atoms with Crippen molar-refractivity contribution >= 4 is 29.3 Å². The first-order chi connectivity index (χ1) is 12.8. The van der Waals surface area contributed by atoms with E-state index in [0.717, 1.165) is 22.3 Å². The minimum Gasteiger partial charge on any atom is -0.298 e. The second-order valence-electron chi connectivity index (χ2n) is 5.27. The summed E-state index contributed by atoms with van der Waals surface area (Å²) in [5.74, 6) is 1.76. The molecule has 4 aliphatic rings. The summed E-state index contributed by atoms with van der Waals surface area (Å²) in [5, 5.41) is 2.11. The standard InChI is InChI=1S/C13H12OS2.2C5H5.2Fe/c1-15-11-7-3-5-9(11)13(14)10-6-4-8-12(10)16-2;2*1-2-4-5-3-1;;/h3-8H,1-2H3;2*1-5H;;/q;;;2*+2. The molecule has 4 aliphatic carbocycles. The van der Waals surface area contributed by atoms with Crippen LogP contribution in [-0.2, 0) is 38.9 Å². The monoisotopic (exact) mass is 490 g/mol. The van der Waals surface area contributed by atoms with Crippen LogP contribution in [-0.4, -0.2) is 18.3 Å². The first kappa shape index (κ1) is 29.4. The van der Waals surface area contributed by atoms with E-state index >= 15 is 0 Å². The van der Waals surface area contributed by atoms with Gasteiger partial charge in [0.15, 0.2) is 5.78 Å². The fraction of sp³-hybridized carbons (Fsp3) is 0.0870. The molecule has 0 atom stereocenters. The molecule has 0 heterocycles. The van der Waals surface area contributed by atoms with E-state index in [0.29, 0.717) is 0 Å². The Labute approximate surface area is 204 Å². The van der Waals surface area contributed by atoms with Crippen LogP contribution in [0.15, 0.2) is 0 Å². The third kappa shape index (κ3) is 10.1. The van der Waals surface area contributed by atoms with Crippen LogP contribution in [0.5, 0.6) is 0 Å². The van der Waals surface area contributed by atoms with Crippen LogP contribution in [0.1, 0.15) is 0 Å². The molecule has 0 bridgehead atoms. The predicted molar refractivity (Wildman–Crippen MR) is 114 cm³/mol. The van der Waals surface area contributed by atoms with Gasteiger partial charge in [-0.1, -0.05) is 0 Å². The second-order valence-corrected chi connectivity index (χ2v) is 6.97. The van der Waals surface area contributed by atoms with Crippen molar-refractivity contribution in [1.82, 2.24) is 0 Å². The van der Waals surface area contributed by atoms with Gasteiger partial charge in [-0.25, -0.2) is 0 Å². The summed E-state index contributed by atoms with van der Waals surface area (Å²) in [5.41, 5.74) is 0. The third-order valence-corrected chi connectivity index (χ3v) is 5.18. The zero-order valence-electron chi connectivity index (χ0n) is 15.7. The molecule has 4 rings (SSSR count). The van der Waals surface area contributed by atoms with Gasteiger partial charge in [0, 0.05) is 10.5 Å². The molecular formula is C23H22Fe2OS2+4. The fourth-order valence-corrected chi connectivity index (χ4v) is 3.52. The molecule has 0 N–H and O–H groups in total. The maximum absolute atomic E-state index is 12.3. The normalized spacial score (nSPS) is 23.2. The van der Waals surface area contributed by atoms with E-state index in [1.807, 2.05) is 115 Å². The summed E-state index contributed by atoms with van der Waals surface area (Å²) in [6.45, 7) is 0. The summed E-state index contributed by atoms with van der Waals surface area (Å²) in [4.78, 5) is 12.3. The molecule has 5 heteroatoms. The molecule has 144 valence electrons. The van der Waals surface area contributed by atoms with Crippen molar-refractivity contribution < 1.29 is 38.9 Å². The van der Waals surface area contributed by atoms with Gasteiger partial charge in [-0.05, 0) is 115 Å². The van der Waals surface area contributed by atoms with Crippen molar-refractivity contribution in [3.05, 3.63) is 125 Å². The summed E-state index contributed by atoms with van der Waals surface area (Å²) in [7, 11) is 0. The molecule has 0 aliphatic heterocycles. The fourth-order valence-electron chi connectivity index (χ4n) is 2.33. The number of hydrogen-bond donors (Lipinski definition) is 0. The number of thioether (sulfide) groups is 2. The number of ketones is 1. The van der Waals surface area contributed by atoms with Gasteiger partial charge in [0.1, 0.15) is 0 Å². The van der Waals surface area contributed by atoms with Gasteiger partial charge >= 0.3 is 34.1 Å². The minimum absolute atomic E-state index is 0. The van der Waals surface area contributed by atoms with Crippen molar-refractivity contribution in [2.45, 2.75) is 0 Å². The number of carbonyl (C=O) groups is 1. The predicted octanol–water partition coefficient (Wildman–Crippen LogP) is 4.79. The van der Waals surface area contributed by atoms with E-state index in [9.17, 15) is 4.79 Å². The molecule has 0 aromatic carbocycles. The van der Waals surface area contributed by atoms with Crippen LogP contribution in [0.3, 0.4) is 0 Å². The Bertz CT molecular complexity index is 338. The van der Waals surface area contributed by atoms with Crippen LogP contribution >= 0.6 is 23.5 Å². The van der Waals surface area contributed by atoms with Gasteiger partial charge in [-0.3, -0.25) is 4.79 Å². The SMILES string of the molecule is CS[C]1[CH][CH][CH][C]1C(=O)[C]1[CH][CH][CH][C]1SC.[CH]1[CH][CH][CH][CH]1.[CH]1[CH][CH][CH][CH]1.[Fe+2].[Fe+2]. The number of carbonyl (C=O) groups excluding carboxylic acids is 1. The zero-order chi connectivity index (χ0) is 18.6. The number of Topliss-reactive ketones (excluding diaryl/α,β-unsaturated/α-hetero) is 1. The molecule has 1 nitrogen and oxygen atoms in total. The van der Waals surface area contributed by atoms with Crippen LogP contribution in [0.2, 0.25) is 0 Å². The molecule has 0 unspecified atom stereocenters. The van der Waals surface area contributed by atoms with E-state index in [4.69, 9.17) is 0 Å². The summed E-state index contributed by atoms with van der Waals surface area (Å²) in [6.07, 6.45) is 35.6. The van der Waals surface area contributed by atoms with E-state index in [2.05, 4.69) is 0 Å². The molecule has 20 radical (unpaired) electrons. The van der Waals surface area contributed by atoms with Gasteiger partial charge in [-0.2, -0.15) is 23.5 Å². The minimum atomic E-state index is 0. The number of hydrogen-bond acceptors (Lipinski definition) is 3. The molecule has 0 spiro atoms. The maximum atomic E-state index is 12.3. The van der Waals surface area contributed by atoms with Crippen molar-refractivity contribution in [1.29, 1.82) is 0 Å². The third-order valence-electron chi connectivity index (χ3n) is 3.59. The first-order valence-corrected chi connectivity index (χ1v) is 10.7. The molecular weight excluding hydrogens is 468 g/mol. The van der Waals surface area contributed by atoms with Crippen LogP contribution < -0.4 is 0 Å². The average molecular weight is 490 g/mol. The van der Waals surface area contributed by atoms with Gasteiger partial charge in [-0.15, -0.1) is 0 Å². The van der Waals surface area contributed by atoms with E-state index in [1.54, 1.807) is 23.5 Å². The summed E-state index contributed by atoms with van der Waals surface area (Å²) < 4.78 is 0. The van der Waals surface area contributed by atoms with Crippen LogP contribution in [0, 0.1) is 125 Å². The van der Waals surface area contributed by atoms with E-state index in [1.165, 1.54) is 0 Å². The topological polar surface area (TPSA) is 17.1 Å². The quantitative estimate of drug-likeness (QED) is 0.528. The first-order valence-electron chi connectivity index (χ1n) is 8.25. The van der Waals surface area contributed by atoms with E-state index in [-0.39, 0.29) is 39.9 Å². The Morgan fingerprint density at radius 2 is 0.821 bits per heavy atom. The van der Waals surface area contributed by atoms with Crippen molar-refractivity contribution in [2.75, 3.05) is 12.5 Å². The molecule has 0 aromatic rings. The second kappa shape index (κ2) is 18.0. The van der Waals surface area contributed by atoms with E-state index < -0.39 is 0 Å². The Morgan fingerprint density at radius 3 is 1.07 bits per heavy atom. The number of rotatable bonds is 4. The molecule has 4 saturated carbocycles.